The van der Waals surface area contributed by atoms with Crippen molar-refractivity contribution < 1.29 is 14.6 Å². The summed E-state index contributed by atoms with van der Waals surface area (Å²) in [5, 5.41) is 9.10. The van der Waals surface area contributed by atoms with E-state index in [0.717, 1.165) is 5.56 Å². The number of carbonyl (C=O) groups excluding carboxylic acids is 1. The molecule has 0 aromatic heterocycles. The maximum absolute atomic E-state index is 11.4. The molecule has 0 fully saturated rings. The van der Waals surface area contributed by atoms with Crippen molar-refractivity contribution in [2.45, 2.75) is 32.4 Å². The van der Waals surface area contributed by atoms with E-state index in [1.54, 1.807) is 38.1 Å². The minimum Gasteiger partial charge on any atom is -0.508 e. The third kappa shape index (κ3) is 5.56. The van der Waals surface area contributed by atoms with Gasteiger partial charge in [0.15, 0.2) is 0 Å². The Morgan fingerprint density at radius 3 is 2.35 bits per heavy atom. The van der Waals surface area contributed by atoms with Gasteiger partial charge in [-0.15, -0.1) is 12.4 Å². The predicted octanol–water partition coefficient (Wildman–Crippen LogP) is 1.64. The fourth-order valence-electron chi connectivity index (χ4n) is 1.29. The van der Waals surface area contributed by atoms with Gasteiger partial charge in [0.25, 0.3) is 0 Å². The molecule has 1 atom stereocenters. The largest absolute Gasteiger partial charge is 0.508 e. The normalized spacial score (nSPS) is 11.8. The second kappa shape index (κ2) is 7.14. The highest BCUT2D eigenvalue weighted by molar-refractivity contribution is 5.85. The number of phenols is 1. The number of ether oxygens (including phenoxy) is 1. The fraction of sp³-hybridized carbons (Fsp3) is 0.417. The summed E-state index contributed by atoms with van der Waals surface area (Å²) in [4.78, 5) is 11.4. The Morgan fingerprint density at radius 2 is 1.88 bits per heavy atom. The van der Waals surface area contributed by atoms with Gasteiger partial charge in [0.2, 0.25) is 0 Å². The van der Waals surface area contributed by atoms with E-state index in [9.17, 15) is 4.79 Å². The molecule has 3 N–H and O–H groups in total. The molecule has 0 amide bonds. The fourth-order valence-corrected chi connectivity index (χ4v) is 1.29. The van der Waals surface area contributed by atoms with Gasteiger partial charge in [0.05, 0.1) is 6.10 Å². The average molecular weight is 260 g/mol. The van der Waals surface area contributed by atoms with Crippen LogP contribution < -0.4 is 5.73 Å². The molecule has 0 spiro atoms. The molecule has 5 heteroatoms. The first-order valence-electron chi connectivity index (χ1n) is 5.23. The van der Waals surface area contributed by atoms with Crippen LogP contribution in [0.1, 0.15) is 19.4 Å². The van der Waals surface area contributed by atoms with Gasteiger partial charge in [0.1, 0.15) is 11.8 Å². The lowest BCUT2D eigenvalue weighted by atomic mass is 10.1. The smallest absolute Gasteiger partial charge is 0.323 e. The molecular formula is C12H18ClNO3. The average Bonchev–Trinajstić information content (AvgIpc) is 2.20. The molecule has 0 aliphatic rings. The van der Waals surface area contributed by atoms with Gasteiger partial charge in [-0.25, -0.2) is 0 Å². The minimum atomic E-state index is -0.660. The maximum atomic E-state index is 11.4. The first-order valence-corrected chi connectivity index (χ1v) is 5.23. The number of rotatable bonds is 4. The lowest BCUT2D eigenvalue weighted by molar-refractivity contribution is -0.148. The molecule has 17 heavy (non-hydrogen) atoms. The number of phenolic OH excluding ortho intramolecular Hbond substituents is 1. The molecule has 0 heterocycles. The molecule has 4 nitrogen and oxygen atoms in total. The Labute approximate surface area is 107 Å². The number of halogens is 1. The molecule has 1 rings (SSSR count). The Morgan fingerprint density at radius 1 is 1.35 bits per heavy atom. The maximum Gasteiger partial charge on any atom is 0.323 e. The van der Waals surface area contributed by atoms with Crippen LogP contribution in [0.5, 0.6) is 5.75 Å². The van der Waals surface area contributed by atoms with E-state index in [1.807, 2.05) is 0 Å². The van der Waals surface area contributed by atoms with E-state index in [2.05, 4.69) is 0 Å². The van der Waals surface area contributed by atoms with E-state index in [-0.39, 0.29) is 24.3 Å². The van der Waals surface area contributed by atoms with Gasteiger partial charge >= 0.3 is 5.97 Å². The first-order chi connectivity index (χ1) is 7.49. The van der Waals surface area contributed by atoms with Crippen LogP contribution in [0, 0.1) is 0 Å². The predicted molar refractivity (Wildman–Crippen MR) is 68.3 cm³/mol. The van der Waals surface area contributed by atoms with E-state index >= 15 is 0 Å². The summed E-state index contributed by atoms with van der Waals surface area (Å²) in [6.45, 7) is 3.57. The van der Waals surface area contributed by atoms with Crippen molar-refractivity contribution in [2.75, 3.05) is 0 Å². The summed E-state index contributed by atoms with van der Waals surface area (Å²) < 4.78 is 4.99. The SMILES string of the molecule is CC(C)OC(=O)C(N)Cc1ccc(O)cc1.Cl. The zero-order valence-electron chi connectivity index (χ0n) is 9.92. The molecule has 0 aliphatic carbocycles. The van der Waals surface area contributed by atoms with Gasteiger partial charge in [0, 0.05) is 0 Å². The molecule has 0 saturated carbocycles. The Balaban J connectivity index is 0.00000256. The van der Waals surface area contributed by atoms with Gasteiger partial charge in [-0.2, -0.15) is 0 Å². The summed E-state index contributed by atoms with van der Waals surface area (Å²) in [6, 6.07) is 5.94. The first kappa shape index (κ1) is 15.7. The number of nitrogens with two attached hydrogens (primary N) is 1. The lowest BCUT2D eigenvalue weighted by Gasteiger charge is -2.13. The molecule has 96 valence electrons. The van der Waals surface area contributed by atoms with Crippen LogP contribution in [0.2, 0.25) is 0 Å². The van der Waals surface area contributed by atoms with Gasteiger partial charge in [-0.05, 0) is 38.0 Å². The number of esters is 1. The molecule has 0 bridgehead atoms. The van der Waals surface area contributed by atoms with Crippen molar-refractivity contribution >= 4 is 18.4 Å². The third-order valence-electron chi connectivity index (χ3n) is 2.05. The van der Waals surface area contributed by atoms with Gasteiger partial charge in [-0.3, -0.25) is 4.79 Å². The molecule has 0 aliphatic heterocycles. The topological polar surface area (TPSA) is 72.5 Å². The van der Waals surface area contributed by atoms with Gasteiger partial charge < -0.3 is 15.6 Å². The molecule has 1 aromatic rings. The third-order valence-corrected chi connectivity index (χ3v) is 2.05. The van der Waals surface area contributed by atoms with E-state index < -0.39 is 12.0 Å². The highest BCUT2D eigenvalue weighted by Crippen LogP contribution is 2.11. The van der Waals surface area contributed by atoms with Crippen LogP contribution in [-0.4, -0.2) is 23.2 Å². The number of carbonyl (C=O) groups is 1. The second-order valence-electron chi connectivity index (χ2n) is 3.96. The summed E-state index contributed by atoms with van der Waals surface area (Å²) >= 11 is 0. The molecule has 1 unspecified atom stereocenters. The van der Waals surface area contributed by atoms with Crippen LogP contribution >= 0.6 is 12.4 Å². The van der Waals surface area contributed by atoms with Crippen LogP contribution in [-0.2, 0) is 16.0 Å². The van der Waals surface area contributed by atoms with Crippen LogP contribution in [0.4, 0.5) is 0 Å². The van der Waals surface area contributed by atoms with Crippen molar-refractivity contribution in [3.63, 3.8) is 0 Å². The highest BCUT2D eigenvalue weighted by atomic mass is 35.5. The highest BCUT2D eigenvalue weighted by Gasteiger charge is 2.16. The number of hydrogen-bond acceptors (Lipinski definition) is 4. The lowest BCUT2D eigenvalue weighted by Crippen LogP contribution is -2.35. The number of aromatic hydroxyl groups is 1. The summed E-state index contributed by atoms with van der Waals surface area (Å²) in [5.41, 5.74) is 6.59. The van der Waals surface area contributed by atoms with Crippen LogP contribution in [0.3, 0.4) is 0 Å². The number of benzene rings is 1. The molecule has 0 radical (unpaired) electrons. The van der Waals surface area contributed by atoms with Crippen molar-refractivity contribution in [3.8, 4) is 5.75 Å². The monoisotopic (exact) mass is 259 g/mol. The minimum absolute atomic E-state index is 0. The van der Waals surface area contributed by atoms with Crippen LogP contribution in [0.25, 0.3) is 0 Å². The Hall–Kier alpha value is -1.26. The van der Waals surface area contributed by atoms with E-state index in [1.165, 1.54) is 0 Å². The zero-order chi connectivity index (χ0) is 12.1. The van der Waals surface area contributed by atoms with Crippen molar-refractivity contribution in [3.05, 3.63) is 29.8 Å². The second-order valence-corrected chi connectivity index (χ2v) is 3.96. The standard InChI is InChI=1S/C12H17NO3.ClH/c1-8(2)16-12(15)11(13)7-9-3-5-10(14)6-4-9;/h3-6,8,11,14H,7,13H2,1-2H3;1H. The quantitative estimate of drug-likeness (QED) is 0.807. The van der Waals surface area contributed by atoms with Crippen molar-refractivity contribution in [1.82, 2.24) is 0 Å². The molecule has 1 aromatic carbocycles. The zero-order valence-corrected chi connectivity index (χ0v) is 10.7. The Kier molecular flexibility index (Phi) is 6.61. The summed E-state index contributed by atoms with van der Waals surface area (Å²) in [7, 11) is 0. The summed E-state index contributed by atoms with van der Waals surface area (Å²) in [5.74, 6) is -0.204. The van der Waals surface area contributed by atoms with E-state index in [4.69, 9.17) is 15.6 Å². The summed E-state index contributed by atoms with van der Waals surface area (Å²) in [6.07, 6.45) is 0.254. The van der Waals surface area contributed by atoms with Crippen molar-refractivity contribution in [1.29, 1.82) is 0 Å². The van der Waals surface area contributed by atoms with Gasteiger partial charge in [-0.1, -0.05) is 12.1 Å². The van der Waals surface area contributed by atoms with Crippen molar-refractivity contribution in [2.24, 2.45) is 5.73 Å². The number of hydrogen-bond donors (Lipinski definition) is 2. The molecule has 0 saturated heterocycles. The molecular weight excluding hydrogens is 242 g/mol. The Bertz CT molecular complexity index is 351. The van der Waals surface area contributed by atoms with Crippen LogP contribution in [0.15, 0.2) is 24.3 Å². The van der Waals surface area contributed by atoms with E-state index in [0.29, 0.717) is 6.42 Å².